The van der Waals surface area contributed by atoms with Crippen molar-refractivity contribution in [1.82, 2.24) is 4.98 Å². The topological polar surface area (TPSA) is 62.0 Å². The van der Waals surface area contributed by atoms with Crippen molar-refractivity contribution in [3.63, 3.8) is 0 Å². The number of para-hydroxylation sites is 1. The summed E-state index contributed by atoms with van der Waals surface area (Å²) in [5, 5.41) is 2.76. The maximum atomic E-state index is 11.1. The first-order valence-electron chi connectivity index (χ1n) is 5.22. The van der Waals surface area contributed by atoms with Crippen LogP contribution in [0.4, 0.5) is 5.69 Å². The highest BCUT2D eigenvalue weighted by Crippen LogP contribution is 2.26. The van der Waals surface area contributed by atoms with Gasteiger partial charge in [0.15, 0.2) is 0 Å². The van der Waals surface area contributed by atoms with Gasteiger partial charge in [0.2, 0.25) is 11.5 Å². The number of pyridine rings is 1. The molecule has 1 aromatic carbocycles. The molecular weight excluding hydrogens is 216 g/mol. The number of benzene rings is 1. The Labute approximate surface area is 98.3 Å². The number of nitrogens with one attached hydrogen (secondary N) is 2. The molecule has 0 bridgehead atoms. The van der Waals surface area contributed by atoms with E-state index in [0.717, 1.165) is 16.8 Å². The number of carbonyl (C=O) groups excluding carboxylic acids is 1. The van der Waals surface area contributed by atoms with Crippen molar-refractivity contribution in [2.24, 2.45) is 0 Å². The first kappa shape index (κ1) is 11.1. The Kier molecular flexibility index (Phi) is 3.05. The summed E-state index contributed by atoms with van der Waals surface area (Å²) < 4.78 is 0. The van der Waals surface area contributed by atoms with Gasteiger partial charge in [-0.25, -0.2) is 0 Å². The van der Waals surface area contributed by atoms with Gasteiger partial charge in [-0.2, -0.15) is 0 Å². The van der Waals surface area contributed by atoms with E-state index in [-0.39, 0.29) is 11.5 Å². The average Bonchev–Trinajstić information content (AvgIpc) is 2.30. The molecule has 1 amide bonds. The summed E-state index contributed by atoms with van der Waals surface area (Å²) in [6.45, 7) is 1.46. The van der Waals surface area contributed by atoms with Crippen molar-refractivity contribution in [2.45, 2.75) is 6.92 Å². The Bertz CT molecular complexity index is 582. The van der Waals surface area contributed by atoms with Crippen molar-refractivity contribution >= 4 is 11.6 Å². The molecule has 0 aliphatic rings. The zero-order chi connectivity index (χ0) is 12.3. The number of H-pyrrole nitrogens is 1. The molecule has 0 saturated heterocycles. The molecular formula is C13H12N2O2. The molecule has 2 aromatic rings. The van der Waals surface area contributed by atoms with Crippen LogP contribution in [0.1, 0.15) is 6.92 Å². The van der Waals surface area contributed by atoms with E-state index in [1.165, 1.54) is 13.0 Å². The van der Waals surface area contributed by atoms with Gasteiger partial charge in [-0.05, 0) is 12.1 Å². The van der Waals surface area contributed by atoms with Gasteiger partial charge < -0.3 is 10.3 Å². The Morgan fingerprint density at radius 1 is 1.18 bits per heavy atom. The predicted octanol–water partition coefficient (Wildman–Crippen LogP) is 2.00. The molecule has 2 N–H and O–H groups in total. The van der Waals surface area contributed by atoms with E-state index in [4.69, 9.17) is 0 Å². The Morgan fingerprint density at radius 3 is 2.59 bits per heavy atom. The number of aromatic nitrogens is 1. The van der Waals surface area contributed by atoms with Crippen molar-refractivity contribution in [2.75, 3.05) is 5.32 Å². The van der Waals surface area contributed by atoms with Crippen LogP contribution >= 0.6 is 0 Å². The van der Waals surface area contributed by atoms with E-state index in [1.54, 1.807) is 12.3 Å². The molecule has 0 aliphatic carbocycles. The minimum Gasteiger partial charge on any atom is -0.328 e. The summed E-state index contributed by atoms with van der Waals surface area (Å²) in [6.07, 6.45) is 1.63. The molecule has 17 heavy (non-hydrogen) atoms. The third-order valence-corrected chi connectivity index (χ3v) is 2.33. The number of anilines is 1. The van der Waals surface area contributed by atoms with E-state index in [0.29, 0.717) is 0 Å². The predicted molar refractivity (Wildman–Crippen MR) is 66.8 cm³/mol. The van der Waals surface area contributed by atoms with Crippen molar-refractivity contribution in [1.29, 1.82) is 0 Å². The molecule has 86 valence electrons. The summed E-state index contributed by atoms with van der Waals surface area (Å²) in [5.74, 6) is -0.123. The van der Waals surface area contributed by atoms with Gasteiger partial charge in [-0.15, -0.1) is 0 Å². The van der Waals surface area contributed by atoms with E-state index in [9.17, 15) is 9.59 Å². The third-order valence-electron chi connectivity index (χ3n) is 2.33. The number of hydrogen-bond acceptors (Lipinski definition) is 2. The molecule has 1 aromatic heterocycles. The molecule has 2 rings (SSSR count). The monoisotopic (exact) mass is 228 g/mol. The van der Waals surface area contributed by atoms with Gasteiger partial charge in [-0.3, -0.25) is 9.59 Å². The lowest BCUT2D eigenvalue weighted by atomic mass is 10.1. The van der Waals surface area contributed by atoms with E-state index < -0.39 is 0 Å². The smallest absolute Gasteiger partial charge is 0.247 e. The highest BCUT2D eigenvalue weighted by molar-refractivity contribution is 5.93. The normalized spacial score (nSPS) is 9.94. The van der Waals surface area contributed by atoms with Gasteiger partial charge in [0.05, 0.1) is 0 Å². The molecule has 0 saturated carbocycles. The maximum absolute atomic E-state index is 11.1. The molecule has 0 unspecified atom stereocenters. The van der Waals surface area contributed by atoms with Gasteiger partial charge in [0, 0.05) is 36.0 Å². The van der Waals surface area contributed by atoms with Crippen LogP contribution < -0.4 is 10.9 Å². The SMILES string of the molecule is CC(=O)Nc1ccccc1-c1ccc(=O)[nH]c1. The first-order valence-corrected chi connectivity index (χ1v) is 5.22. The van der Waals surface area contributed by atoms with Crippen LogP contribution in [-0.2, 0) is 4.79 Å². The Hall–Kier alpha value is -2.36. The van der Waals surface area contributed by atoms with Crippen LogP contribution in [0, 0.1) is 0 Å². The van der Waals surface area contributed by atoms with Gasteiger partial charge in [0.25, 0.3) is 0 Å². The second kappa shape index (κ2) is 4.65. The number of rotatable bonds is 2. The Morgan fingerprint density at radius 2 is 1.94 bits per heavy atom. The summed E-state index contributed by atoms with van der Waals surface area (Å²) in [5.41, 5.74) is 2.31. The Balaban J connectivity index is 2.47. The first-order chi connectivity index (χ1) is 8.16. The highest BCUT2D eigenvalue weighted by atomic mass is 16.1. The summed E-state index contributed by atoms with van der Waals surface area (Å²) in [7, 11) is 0. The lowest BCUT2D eigenvalue weighted by molar-refractivity contribution is -0.114. The number of hydrogen-bond donors (Lipinski definition) is 2. The van der Waals surface area contributed by atoms with Crippen molar-refractivity contribution in [3.05, 3.63) is 52.9 Å². The molecule has 0 spiro atoms. The number of carbonyl (C=O) groups is 1. The lowest BCUT2D eigenvalue weighted by Gasteiger charge is -2.09. The number of amides is 1. The van der Waals surface area contributed by atoms with Crippen molar-refractivity contribution < 1.29 is 4.79 Å². The zero-order valence-corrected chi connectivity index (χ0v) is 9.36. The van der Waals surface area contributed by atoms with Gasteiger partial charge >= 0.3 is 0 Å². The van der Waals surface area contributed by atoms with Gasteiger partial charge in [-0.1, -0.05) is 18.2 Å². The third kappa shape index (κ3) is 2.60. The van der Waals surface area contributed by atoms with Gasteiger partial charge in [0.1, 0.15) is 0 Å². The molecule has 0 aliphatic heterocycles. The fourth-order valence-electron chi connectivity index (χ4n) is 1.61. The largest absolute Gasteiger partial charge is 0.328 e. The van der Waals surface area contributed by atoms with Crippen LogP contribution in [0.3, 0.4) is 0 Å². The number of aromatic amines is 1. The molecule has 4 nitrogen and oxygen atoms in total. The van der Waals surface area contributed by atoms with Crippen LogP contribution in [0.25, 0.3) is 11.1 Å². The summed E-state index contributed by atoms with van der Waals surface area (Å²) in [6, 6.07) is 10.6. The molecule has 4 heteroatoms. The second-order valence-corrected chi connectivity index (χ2v) is 3.67. The van der Waals surface area contributed by atoms with Crippen molar-refractivity contribution in [3.8, 4) is 11.1 Å². The average molecular weight is 228 g/mol. The minimum atomic E-state index is -0.147. The molecule has 1 heterocycles. The fourth-order valence-corrected chi connectivity index (χ4v) is 1.61. The van der Waals surface area contributed by atoms with Crippen LogP contribution in [0.15, 0.2) is 47.4 Å². The van der Waals surface area contributed by atoms with Crippen LogP contribution in [0.2, 0.25) is 0 Å². The standard InChI is InChI=1S/C13H12N2O2/c1-9(16)15-12-5-3-2-4-11(12)10-6-7-13(17)14-8-10/h2-8H,1H3,(H,14,17)(H,15,16). The van der Waals surface area contributed by atoms with E-state index in [2.05, 4.69) is 10.3 Å². The van der Waals surface area contributed by atoms with E-state index in [1.807, 2.05) is 24.3 Å². The summed E-state index contributed by atoms with van der Waals surface area (Å²) in [4.78, 5) is 24.7. The van der Waals surface area contributed by atoms with Crippen LogP contribution in [-0.4, -0.2) is 10.9 Å². The molecule has 0 fully saturated rings. The second-order valence-electron chi connectivity index (χ2n) is 3.67. The zero-order valence-electron chi connectivity index (χ0n) is 9.36. The molecule has 0 atom stereocenters. The van der Waals surface area contributed by atoms with E-state index >= 15 is 0 Å². The van der Waals surface area contributed by atoms with Crippen LogP contribution in [0.5, 0.6) is 0 Å². The molecule has 0 radical (unpaired) electrons. The highest BCUT2D eigenvalue weighted by Gasteiger charge is 2.05. The minimum absolute atomic E-state index is 0.123. The summed E-state index contributed by atoms with van der Waals surface area (Å²) >= 11 is 0. The maximum Gasteiger partial charge on any atom is 0.247 e. The quantitative estimate of drug-likeness (QED) is 0.825. The fraction of sp³-hybridized carbons (Fsp3) is 0.0769. The lowest BCUT2D eigenvalue weighted by Crippen LogP contribution is -2.07.